The summed E-state index contributed by atoms with van der Waals surface area (Å²) in [5.74, 6) is -0.207. The van der Waals surface area contributed by atoms with Gasteiger partial charge in [0.05, 0.1) is 12.1 Å². The number of carbonyl (C=O) groups is 3. The Balaban J connectivity index is 1.42. The molecule has 1 saturated carbocycles. The van der Waals surface area contributed by atoms with E-state index in [-0.39, 0.29) is 23.8 Å². The van der Waals surface area contributed by atoms with Crippen LogP contribution in [0.2, 0.25) is 5.02 Å². The van der Waals surface area contributed by atoms with Crippen LogP contribution in [-0.2, 0) is 27.2 Å². The Kier molecular flexibility index (Phi) is 6.45. The number of hydrogen-bond acceptors (Lipinski definition) is 4. The van der Waals surface area contributed by atoms with Crippen LogP contribution in [0.1, 0.15) is 68.0 Å². The van der Waals surface area contributed by atoms with Crippen LogP contribution in [-0.4, -0.2) is 41.0 Å². The highest BCUT2D eigenvalue weighted by Gasteiger charge is 2.43. The second kappa shape index (κ2) is 9.43. The SMILES string of the molecule is CC(C)(C)OC(=O)N[C@H]1c2ccccc2C[C@@H]1NC(=O)C1c2ccc(Cl)cc2CCN1C(=O)C1CC1. The first-order chi connectivity index (χ1) is 17.1. The number of nitrogens with one attached hydrogen (secondary N) is 2. The van der Waals surface area contributed by atoms with Gasteiger partial charge in [0.1, 0.15) is 11.6 Å². The minimum Gasteiger partial charge on any atom is -0.444 e. The van der Waals surface area contributed by atoms with E-state index >= 15 is 0 Å². The highest BCUT2D eigenvalue weighted by atomic mass is 35.5. The van der Waals surface area contributed by atoms with Gasteiger partial charge in [-0.1, -0.05) is 41.9 Å². The molecule has 1 heterocycles. The zero-order chi connectivity index (χ0) is 25.6. The van der Waals surface area contributed by atoms with Gasteiger partial charge in [0, 0.05) is 17.5 Å². The molecule has 0 spiro atoms. The number of carbonyl (C=O) groups excluding carboxylic acids is 3. The van der Waals surface area contributed by atoms with Crippen molar-refractivity contribution in [2.75, 3.05) is 6.54 Å². The largest absolute Gasteiger partial charge is 0.444 e. The number of benzene rings is 2. The predicted octanol–water partition coefficient (Wildman–Crippen LogP) is 4.48. The summed E-state index contributed by atoms with van der Waals surface area (Å²) in [6.45, 7) is 5.91. The number of hydrogen-bond donors (Lipinski definition) is 2. The third kappa shape index (κ3) is 5.07. The Morgan fingerprint density at radius 3 is 2.47 bits per heavy atom. The molecular weight excluding hydrogens is 478 g/mol. The predicted molar refractivity (Wildman–Crippen MR) is 137 cm³/mol. The molecule has 8 heteroatoms. The molecule has 3 atom stereocenters. The van der Waals surface area contributed by atoms with Gasteiger partial charge in [0.25, 0.3) is 0 Å². The fourth-order valence-corrected chi connectivity index (χ4v) is 5.48. The quantitative estimate of drug-likeness (QED) is 0.636. The van der Waals surface area contributed by atoms with E-state index < -0.39 is 23.8 Å². The van der Waals surface area contributed by atoms with Crippen molar-refractivity contribution in [2.45, 2.75) is 70.2 Å². The highest BCUT2D eigenvalue weighted by molar-refractivity contribution is 6.30. The molecule has 7 nitrogen and oxygen atoms in total. The second-order valence-corrected chi connectivity index (χ2v) is 11.4. The number of ether oxygens (including phenoxy) is 1. The van der Waals surface area contributed by atoms with E-state index in [2.05, 4.69) is 10.6 Å². The van der Waals surface area contributed by atoms with Gasteiger partial charge in [0.2, 0.25) is 11.8 Å². The molecule has 2 aliphatic carbocycles. The van der Waals surface area contributed by atoms with Crippen LogP contribution in [0.3, 0.4) is 0 Å². The summed E-state index contributed by atoms with van der Waals surface area (Å²) in [5.41, 5.74) is 3.17. The first-order valence-electron chi connectivity index (χ1n) is 12.6. The van der Waals surface area contributed by atoms with Gasteiger partial charge in [0.15, 0.2) is 0 Å². The molecule has 1 unspecified atom stereocenters. The molecule has 2 N–H and O–H groups in total. The molecule has 3 amide bonds. The molecule has 0 aromatic heterocycles. The Labute approximate surface area is 216 Å². The first-order valence-corrected chi connectivity index (χ1v) is 12.9. The van der Waals surface area contributed by atoms with Crippen molar-refractivity contribution in [3.63, 3.8) is 0 Å². The summed E-state index contributed by atoms with van der Waals surface area (Å²) in [6.07, 6.45) is 2.44. The number of amides is 3. The number of fused-ring (bicyclic) bond motifs is 2. The van der Waals surface area contributed by atoms with Crippen LogP contribution in [0.5, 0.6) is 0 Å². The fraction of sp³-hybridized carbons (Fsp3) is 0.464. The van der Waals surface area contributed by atoms with E-state index in [9.17, 15) is 14.4 Å². The second-order valence-electron chi connectivity index (χ2n) is 10.9. The van der Waals surface area contributed by atoms with Crippen molar-refractivity contribution in [3.8, 4) is 0 Å². The van der Waals surface area contributed by atoms with Gasteiger partial charge in [-0.3, -0.25) is 9.59 Å². The summed E-state index contributed by atoms with van der Waals surface area (Å²) in [6, 6.07) is 11.8. The zero-order valence-electron chi connectivity index (χ0n) is 20.8. The third-order valence-corrected chi connectivity index (χ3v) is 7.26. The van der Waals surface area contributed by atoms with E-state index in [0.29, 0.717) is 24.4 Å². The Morgan fingerprint density at radius 2 is 1.75 bits per heavy atom. The summed E-state index contributed by atoms with van der Waals surface area (Å²) >= 11 is 6.23. The van der Waals surface area contributed by atoms with Crippen LogP contribution < -0.4 is 10.6 Å². The molecule has 0 bridgehead atoms. The van der Waals surface area contributed by atoms with Gasteiger partial charge >= 0.3 is 6.09 Å². The Hall–Kier alpha value is -3.06. The van der Waals surface area contributed by atoms with Crippen LogP contribution in [0.25, 0.3) is 0 Å². The molecule has 36 heavy (non-hydrogen) atoms. The molecule has 190 valence electrons. The minimum absolute atomic E-state index is 0.00599. The van der Waals surface area contributed by atoms with Gasteiger partial charge in [-0.25, -0.2) is 4.79 Å². The van der Waals surface area contributed by atoms with Gasteiger partial charge < -0.3 is 20.3 Å². The average Bonchev–Trinajstić information content (AvgIpc) is 3.61. The molecule has 1 aliphatic heterocycles. The molecule has 0 saturated heterocycles. The molecule has 5 rings (SSSR count). The summed E-state index contributed by atoms with van der Waals surface area (Å²) in [4.78, 5) is 41.4. The minimum atomic E-state index is -0.731. The van der Waals surface area contributed by atoms with E-state index in [1.165, 1.54) is 0 Å². The molecule has 3 aliphatic rings. The van der Waals surface area contributed by atoms with Crippen molar-refractivity contribution in [2.24, 2.45) is 5.92 Å². The van der Waals surface area contributed by atoms with Crippen molar-refractivity contribution in [1.82, 2.24) is 15.5 Å². The van der Waals surface area contributed by atoms with Gasteiger partial charge in [-0.15, -0.1) is 0 Å². The lowest BCUT2D eigenvalue weighted by Gasteiger charge is -2.37. The zero-order valence-corrected chi connectivity index (χ0v) is 21.6. The third-order valence-electron chi connectivity index (χ3n) is 7.02. The Bertz CT molecular complexity index is 1200. The van der Waals surface area contributed by atoms with Crippen molar-refractivity contribution >= 4 is 29.5 Å². The first kappa shape index (κ1) is 24.6. The van der Waals surface area contributed by atoms with E-state index in [1.807, 2.05) is 57.2 Å². The van der Waals surface area contributed by atoms with E-state index in [0.717, 1.165) is 35.1 Å². The van der Waals surface area contributed by atoms with Crippen molar-refractivity contribution in [1.29, 1.82) is 0 Å². The topological polar surface area (TPSA) is 87.7 Å². The lowest BCUT2D eigenvalue weighted by atomic mass is 9.91. The van der Waals surface area contributed by atoms with Crippen LogP contribution in [0, 0.1) is 5.92 Å². The summed E-state index contributed by atoms with van der Waals surface area (Å²) in [7, 11) is 0. The van der Waals surface area contributed by atoms with Crippen molar-refractivity contribution in [3.05, 3.63) is 69.7 Å². The Morgan fingerprint density at radius 1 is 1.00 bits per heavy atom. The van der Waals surface area contributed by atoms with Crippen LogP contribution in [0.4, 0.5) is 4.79 Å². The van der Waals surface area contributed by atoms with Gasteiger partial charge in [-0.2, -0.15) is 0 Å². The number of halogens is 1. The maximum absolute atomic E-state index is 13.9. The smallest absolute Gasteiger partial charge is 0.408 e. The van der Waals surface area contributed by atoms with E-state index in [1.54, 1.807) is 11.0 Å². The number of nitrogens with zero attached hydrogens (tertiary/aromatic N) is 1. The fourth-order valence-electron chi connectivity index (χ4n) is 5.28. The standard InChI is InChI=1S/C28H32ClN3O4/c1-28(2,3)36-27(35)31-23-20-7-5-4-6-17(20)15-22(23)30-25(33)24-21-11-10-19(29)14-18(21)12-13-32(24)26(34)16-8-9-16/h4-7,10-11,14,16,22-24H,8-9,12-13,15H2,1-3H3,(H,30,33)(H,31,35)/t22-,23-,24?/m0/s1. The maximum atomic E-state index is 13.9. The van der Waals surface area contributed by atoms with Crippen LogP contribution >= 0.6 is 11.6 Å². The normalized spacial score (nSPS) is 22.9. The molecule has 2 aromatic rings. The number of rotatable bonds is 4. The summed E-state index contributed by atoms with van der Waals surface area (Å²) < 4.78 is 5.50. The van der Waals surface area contributed by atoms with E-state index in [4.69, 9.17) is 16.3 Å². The lowest BCUT2D eigenvalue weighted by Crippen LogP contribution is -2.52. The monoisotopic (exact) mass is 509 g/mol. The molecule has 0 radical (unpaired) electrons. The van der Waals surface area contributed by atoms with Gasteiger partial charge in [-0.05, 0) is 80.8 Å². The van der Waals surface area contributed by atoms with Crippen molar-refractivity contribution < 1.29 is 19.1 Å². The number of alkyl carbamates (subject to hydrolysis) is 1. The maximum Gasteiger partial charge on any atom is 0.408 e. The molecule has 2 aromatic carbocycles. The average molecular weight is 510 g/mol. The lowest BCUT2D eigenvalue weighted by molar-refractivity contribution is -0.142. The highest BCUT2D eigenvalue weighted by Crippen LogP contribution is 2.39. The van der Waals surface area contributed by atoms with Crippen LogP contribution in [0.15, 0.2) is 42.5 Å². The summed E-state index contributed by atoms with van der Waals surface area (Å²) in [5, 5.41) is 6.76. The molecular formula is C28H32ClN3O4. The molecule has 1 fully saturated rings.